The van der Waals surface area contributed by atoms with Crippen LogP contribution in [0.5, 0.6) is 23.0 Å². The highest BCUT2D eigenvalue weighted by Crippen LogP contribution is 2.54. The van der Waals surface area contributed by atoms with E-state index in [1.54, 1.807) is 6.07 Å². The second-order valence-corrected chi connectivity index (χ2v) is 7.96. The fourth-order valence-corrected chi connectivity index (χ4v) is 4.43. The highest BCUT2D eigenvalue weighted by Gasteiger charge is 2.24. The van der Waals surface area contributed by atoms with Gasteiger partial charge in [0.05, 0.1) is 17.9 Å². The molecule has 0 fully saturated rings. The normalized spacial score (nSPS) is 10.9. The maximum absolute atomic E-state index is 9.95. The molecule has 0 aliphatic heterocycles. The molecule has 21 heavy (non-hydrogen) atoms. The summed E-state index contributed by atoms with van der Waals surface area (Å²) in [5.41, 5.74) is 0.951. The summed E-state index contributed by atoms with van der Waals surface area (Å²) in [7, 11) is 0. The molecule has 0 bridgehead atoms. The molecule has 0 aliphatic rings. The van der Waals surface area contributed by atoms with Crippen molar-refractivity contribution in [2.45, 2.75) is 0 Å². The minimum Gasteiger partial charge on any atom is -0.503 e. The van der Waals surface area contributed by atoms with Crippen LogP contribution < -0.4 is 0 Å². The maximum Gasteiger partial charge on any atom is 0.174 e. The average Bonchev–Trinajstić information content (AvgIpc) is 2.46. The van der Waals surface area contributed by atoms with Crippen LogP contribution in [0.25, 0.3) is 11.1 Å². The Bertz CT molecular complexity index is 731. The monoisotopic (exact) mass is 608 g/mol. The smallest absolute Gasteiger partial charge is 0.174 e. The van der Waals surface area contributed by atoms with Crippen molar-refractivity contribution in [3.63, 3.8) is 0 Å². The third-order valence-electron chi connectivity index (χ3n) is 2.71. The van der Waals surface area contributed by atoms with Gasteiger partial charge in [0.1, 0.15) is 0 Å². The van der Waals surface area contributed by atoms with Crippen molar-refractivity contribution in [3.8, 4) is 34.1 Å². The van der Waals surface area contributed by atoms with E-state index < -0.39 is 0 Å². The first-order valence-electron chi connectivity index (χ1n) is 5.17. The standard InChI is InChI=1S/C12H5Br5O4/c13-3-1-2(5(14)10(19)9(3)18)4-6(15)8(17)12(21)11(20)7(4)16/h1,18-21H. The van der Waals surface area contributed by atoms with Crippen molar-refractivity contribution in [3.05, 3.63) is 28.4 Å². The van der Waals surface area contributed by atoms with Crippen LogP contribution in [-0.2, 0) is 0 Å². The highest BCUT2D eigenvalue weighted by atomic mass is 79.9. The molecule has 0 unspecified atom stereocenters. The van der Waals surface area contributed by atoms with Gasteiger partial charge < -0.3 is 20.4 Å². The fraction of sp³-hybridized carbons (Fsp3) is 0. The number of hydrogen-bond donors (Lipinski definition) is 4. The third-order valence-corrected chi connectivity index (χ3v) is 6.98. The predicted octanol–water partition coefficient (Wildman–Crippen LogP) is 5.99. The summed E-state index contributed by atoms with van der Waals surface area (Å²) in [5.74, 6) is -1.33. The molecule has 4 N–H and O–H groups in total. The summed E-state index contributed by atoms with van der Waals surface area (Å²) < 4.78 is 1.46. The molecule has 4 nitrogen and oxygen atoms in total. The number of phenolic OH excluding ortho intramolecular Hbond substituents is 4. The number of hydrogen-bond acceptors (Lipinski definition) is 4. The maximum atomic E-state index is 9.95. The molecule has 0 aliphatic carbocycles. The molecule has 2 rings (SSSR count). The Kier molecular flexibility index (Phi) is 5.19. The number of rotatable bonds is 1. The van der Waals surface area contributed by atoms with Crippen molar-refractivity contribution in [2.75, 3.05) is 0 Å². The van der Waals surface area contributed by atoms with Gasteiger partial charge in [0.15, 0.2) is 23.0 Å². The zero-order valence-electron chi connectivity index (χ0n) is 9.76. The molecular weight excluding hydrogens is 608 g/mol. The van der Waals surface area contributed by atoms with Gasteiger partial charge in [0.2, 0.25) is 0 Å². The molecule has 112 valence electrons. The first-order chi connectivity index (χ1) is 9.68. The lowest BCUT2D eigenvalue weighted by atomic mass is 10.0. The van der Waals surface area contributed by atoms with E-state index >= 15 is 0 Å². The van der Waals surface area contributed by atoms with Crippen LogP contribution in [0.3, 0.4) is 0 Å². The second kappa shape index (κ2) is 6.27. The average molecular weight is 613 g/mol. The van der Waals surface area contributed by atoms with Crippen molar-refractivity contribution < 1.29 is 20.4 Å². The molecule has 9 heteroatoms. The Labute approximate surface area is 161 Å². The molecule has 0 saturated carbocycles. The van der Waals surface area contributed by atoms with Crippen LogP contribution in [0.1, 0.15) is 0 Å². The lowest BCUT2D eigenvalue weighted by molar-refractivity contribution is 0.398. The van der Waals surface area contributed by atoms with Crippen LogP contribution in [0.4, 0.5) is 0 Å². The predicted molar refractivity (Wildman–Crippen MR) is 97.0 cm³/mol. The summed E-state index contributed by atoms with van der Waals surface area (Å²) in [6, 6.07) is 1.56. The van der Waals surface area contributed by atoms with E-state index in [0.29, 0.717) is 15.6 Å². The number of benzene rings is 2. The number of aromatic hydroxyl groups is 4. The van der Waals surface area contributed by atoms with E-state index in [2.05, 4.69) is 79.6 Å². The summed E-state index contributed by atoms with van der Waals surface area (Å²) in [6.07, 6.45) is 0. The number of phenols is 4. The van der Waals surface area contributed by atoms with Crippen LogP contribution in [0.15, 0.2) is 28.4 Å². The minimum absolute atomic E-state index is 0.229. The van der Waals surface area contributed by atoms with Gasteiger partial charge in [-0.2, -0.15) is 0 Å². The molecule has 2 aromatic carbocycles. The first-order valence-corrected chi connectivity index (χ1v) is 9.13. The van der Waals surface area contributed by atoms with E-state index in [4.69, 9.17) is 0 Å². The van der Waals surface area contributed by atoms with Gasteiger partial charge in [-0.3, -0.25) is 0 Å². The highest BCUT2D eigenvalue weighted by molar-refractivity contribution is 9.13. The molecule has 0 aromatic heterocycles. The van der Waals surface area contributed by atoms with Gasteiger partial charge in [-0.25, -0.2) is 0 Å². The molecule has 0 atom stereocenters. The van der Waals surface area contributed by atoms with E-state index in [9.17, 15) is 20.4 Å². The molecule has 0 radical (unpaired) electrons. The van der Waals surface area contributed by atoms with Gasteiger partial charge >= 0.3 is 0 Å². The Morgan fingerprint density at radius 3 is 1.62 bits per heavy atom. The molecule has 0 spiro atoms. The van der Waals surface area contributed by atoms with Gasteiger partial charge in [0, 0.05) is 15.6 Å². The second-order valence-electron chi connectivity index (χ2n) is 3.93. The Balaban J connectivity index is 2.93. The quantitative estimate of drug-likeness (QED) is 0.236. The molecule has 0 heterocycles. The molecule has 2 aromatic rings. The number of halogens is 5. The zero-order chi connectivity index (χ0) is 16.1. The first kappa shape index (κ1) is 17.4. The van der Waals surface area contributed by atoms with Gasteiger partial charge in [0.25, 0.3) is 0 Å². The van der Waals surface area contributed by atoms with Crippen LogP contribution >= 0.6 is 79.6 Å². The van der Waals surface area contributed by atoms with E-state index in [1.165, 1.54) is 0 Å². The summed E-state index contributed by atoms with van der Waals surface area (Å²) in [4.78, 5) is 0. The van der Waals surface area contributed by atoms with Crippen LogP contribution in [0, 0.1) is 0 Å². The zero-order valence-corrected chi connectivity index (χ0v) is 17.7. The van der Waals surface area contributed by atoms with Gasteiger partial charge in [-0.1, -0.05) is 0 Å². The lowest BCUT2D eigenvalue weighted by Crippen LogP contribution is -1.89. The van der Waals surface area contributed by atoms with Crippen molar-refractivity contribution in [1.82, 2.24) is 0 Å². The third kappa shape index (κ3) is 2.83. The van der Waals surface area contributed by atoms with Crippen molar-refractivity contribution in [2.24, 2.45) is 0 Å². The Morgan fingerprint density at radius 2 is 1.05 bits per heavy atom. The Hall–Kier alpha value is 0.0400. The lowest BCUT2D eigenvalue weighted by Gasteiger charge is -2.16. The topological polar surface area (TPSA) is 80.9 Å². The fourth-order valence-electron chi connectivity index (χ4n) is 1.66. The van der Waals surface area contributed by atoms with E-state index in [1.807, 2.05) is 0 Å². The van der Waals surface area contributed by atoms with Crippen molar-refractivity contribution in [1.29, 1.82) is 0 Å². The summed E-state index contributed by atoms with van der Waals surface area (Å²) in [5, 5.41) is 39.4. The van der Waals surface area contributed by atoms with E-state index in [-0.39, 0.29) is 40.9 Å². The Morgan fingerprint density at radius 1 is 0.571 bits per heavy atom. The SMILES string of the molecule is Oc1c(Br)cc(-c2c(Br)c(O)c(O)c(Br)c2Br)c(Br)c1O. The summed E-state index contributed by atoms with van der Waals surface area (Å²) >= 11 is 16.1. The van der Waals surface area contributed by atoms with E-state index in [0.717, 1.165) is 0 Å². The van der Waals surface area contributed by atoms with Crippen LogP contribution in [0.2, 0.25) is 0 Å². The van der Waals surface area contributed by atoms with Crippen LogP contribution in [-0.4, -0.2) is 20.4 Å². The minimum atomic E-state index is -0.351. The largest absolute Gasteiger partial charge is 0.503 e. The molecule has 0 saturated heterocycles. The van der Waals surface area contributed by atoms with Gasteiger partial charge in [-0.05, 0) is 85.7 Å². The molecule has 0 amide bonds. The van der Waals surface area contributed by atoms with Crippen molar-refractivity contribution >= 4 is 79.6 Å². The molecular formula is C12H5Br5O4. The van der Waals surface area contributed by atoms with Gasteiger partial charge in [-0.15, -0.1) is 0 Å². The summed E-state index contributed by atoms with van der Waals surface area (Å²) in [6.45, 7) is 0.